The summed E-state index contributed by atoms with van der Waals surface area (Å²) in [5.41, 5.74) is 28.7. The third kappa shape index (κ3) is 12.4. The Bertz CT molecular complexity index is 11200. The van der Waals surface area contributed by atoms with Gasteiger partial charge in [0.2, 0.25) is 0 Å². The minimum atomic E-state index is 1.06. The van der Waals surface area contributed by atoms with E-state index in [-0.39, 0.29) is 0 Å². The summed E-state index contributed by atoms with van der Waals surface area (Å²) in [4.78, 5) is 17.9. The molecule has 0 atom stereocenters. The monoisotopic (exact) mass is 1920 g/mol. The van der Waals surface area contributed by atoms with Crippen molar-refractivity contribution < 1.29 is 0 Å². The van der Waals surface area contributed by atoms with Gasteiger partial charge in [-0.25, -0.2) is 15.0 Å². The zero-order valence-corrected chi connectivity index (χ0v) is 81.5. The van der Waals surface area contributed by atoms with E-state index < -0.39 is 0 Å². The molecule has 12 aromatic heterocycles. The molecule has 0 unspecified atom stereocenters. The first-order valence-electron chi connectivity index (χ1n) is 49.9. The summed E-state index contributed by atoms with van der Waals surface area (Å²) in [5.74, 6) is 0. The van der Waals surface area contributed by atoms with E-state index >= 15 is 0 Å². The smallest absolute Gasteiger partial charge is 0.124 e. The Kier molecular flexibility index (Phi) is 18.6. The van der Waals surface area contributed by atoms with Crippen molar-refractivity contribution in [1.82, 2.24) is 42.4 Å². The molecule has 0 spiro atoms. The molecule has 0 N–H and O–H groups in total. The van der Waals surface area contributed by atoms with E-state index in [1.165, 1.54) is 243 Å². The third-order valence-electron chi connectivity index (χ3n) is 30.4. The largest absolute Gasteiger partial charge is 0.309 e. The molecule has 0 aliphatic carbocycles. The van der Waals surface area contributed by atoms with Gasteiger partial charge in [-0.3, -0.25) is 0 Å². The van der Waals surface area contributed by atoms with Gasteiger partial charge in [-0.1, -0.05) is 322 Å². The lowest BCUT2D eigenvalue weighted by Crippen LogP contribution is -1.97. The van der Waals surface area contributed by atoms with E-state index in [0.29, 0.717) is 0 Å². The molecule has 21 aromatic carbocycles. The number of hydrogen-bond donors (Lipinski definition) is 0. The van der Waals surface area contributed by atoms with Crippen molar-refractivity contribution in [3.05, 3.63) is 492 Å². The van der Waals surface area contributed by atoms with Gasteiger partial charge >= 0.3 is 0 Å². The molecule has 0 saturated heterocycles. The molecule has 0 radical (unpaired) electrons. The number of nitrogens with zero attached hydrogens (tertiary/aromatic N) is 9. The third-order valence-corrected chi connectivity index (χ3v) is 33.8. The van der Waals surface area contributed by atoms with Crippen molar-refractivity contribution in [2.24, 2.45) is 0 Å². The summed E-state index contributed by atoms with van der Waals surface area (Å²) in [6, 6.07) is 172. The Morgan fingerprint density at radius 3 is 0.701 bits per heavy atom. The number of rotatable bonds is 9. The fourth-order valence-corrected chi connectivity index (χ4v) is 28.0. The molecule has 0 fully saturated rings. The quantitative estimate of drug-likeness (QED) is 0.135. The van der Waals surface area contributed by atoms with Crippen LogP contribution in [-0.4, -0.2) is 42.4 Å². The standard InChI is InChI=1S/C47H27N3S.C47H29N3S.C41H25N3S/c1-2-13-28(14-3-1)49-40-23-11-9-20-36(40)43-44-41(42-37-21-12-26-48-47(37)51-46(42)45(43)49)35-19-8-10-22-39(35)50(44)29-24-25-34-32-17-5-4-15-30(32)31-16-6-7-18-33(31)38(34)27-29;1-4-15-30(16-5-1)32-27-33(31-17-6-2-7-18-31)29-35(28-32)50-39-24-12-10-21-36(39)41-42-38-23-14-26-48-47(38)51-46(42)45-43(44(41)50)37-22-11-13-25-40(37)49(45)34-19-8-3-9-20-34;1-3-12-26(13-4-1)27-21-23-29(24-22-27)43-33-19-9-7-16-30(33)35-36-32-18-11-25-42-41(32)45-40(36)39-37(38(35)43)31-17-8-10-20-34(31)44(39)28-14-5-2-6-15-28/h1-27H;1-29H;1-25H. The van der Waals surface area contributed by atoms with E-state index in [1.807, 2.05) is 18.6 Å². The van der Waals surface area contributed by atoms with Crippen LogP contribution in [0.2, 0.25) is 0 Å². The average Bonchev–Trinajstić information content (AvgIpc) is 1.52. The van der Waals surface area contributed by atoms with Crippen molar-refractivity contribution >= 4 is 258 Å². The molecule has 0 saturated carbocycles. The lowest BCUT2D eigenvalue weighted by atomic mass is 9.94. The highest BCUT2D eigenvalue weighted by molar-refractivity contribution is 7.27. The van der Waals surface area contributed by atoms with Gasteiger partial charge in [-0.05, 0) is 217 Å². The number of thiophene rings is 3. The van der Waals surface area contributed by atoms with E-state index in [9.17, 15) is 0 Å². The van der Waals surface area contributed by atoms with E-state index in [0.717, 1.165) is 48.6 Å². The minimum Gasteiger partial charge on any atom is -0.309 e. The summed E-state index contributed by atoms with van der Waals surface area (Å²) in [7, 11) is 0. The highest BCUT2D eigenvalue weighted by atomic mass is 32.1. The Morgan fingerprint density at radius 1 is 0.136 bits per heavy atom. The fraction of sp³-hybridized carbons (Fsp3) is 0. The van der Waals surface area contributed by atoms with Crippen LogP contribution in [-0.2, 0) is 0 Å². The predicted molar refractivity (Wildman–Crippen MR) is 626 cm³/mol. The number of hydrogen-bond acceptors (Lipinski definition) is 6. The number of fused-ring (bicyclic) bond motifs is 42. The van der Waals surface area contributed by atoms with Crippen LogP contribution in [0.3, 0.4) is 0 Å². The molecule has 33 rings (SSSR count). The van der Waals surface area contributed by atoms with Gasteiger partial charge in [0.15, 0.2) is 0 Å². The first kappa shape index (κ1) is 83.0. The van der Waals surface area contributed by atoms with Crippen LogP contribution in [0.5, 0.6) is 0 Å². The van der Waals surface area contributed by atoms with Crippen LogP contribution in [0.1, 0.15) is 0 Å². The molecular weight excluding hydrogens is 1840 g/mol. The number of pyridine rings is 3. The number of benzene rings is 21. The summed E-state index contributed by atoms with van der Waals surface area (Å²) in [6.45, 7) is 0. The second kappa shape index (κ2) is 32.9. The normalized spacial score (nSPS) is 12.1. The van der Waals surface area contributed by atoms with Crippen molar-refractivity contribution in [3.8, 4) is 67.5 Å². The zero-order chi connectivity index (χ0) is 96.2. The van der Waals surface area contributed by atoms with Crippen LogP contribution in [0.25, 0.3) is 292 Å². The van der Waals surface area contributed by atoms with Crippen molar-refractivity contribution in [2.75, 3.05) is 0 Å². The lowest BCUT2D eigenvalue weighted by molar-refractivity contribution is 1.18. The fourth-order valence-electron chi connectivity index (χ4n) is 24.5. The van der Waals surface area contributed by atoms with E-state index in [2.05, 4.69) is 501 Å². The predicted octanol–water partition coefficient (Wildman–Crippen LogP) is 37.4. The second-order valence-corrected chi connectivity index (χ2v) is 41.2. The molecule has 33 aromatic rings. The van der Waals surface area contributed by atoms with Crippen LogP contribution in [0, 0.1) is 0 Å². The molecule has 0 bridgehead atoms. The summed E-state index contributed by atoms with van der Waals surface area (Å²) < 4.78 is 18.8. The van der Waals surface area contributed by atoms with E-state index in [4.69, 9.17) is 15.0 Å². The van der Waals surface area contributed by atoms with Crippen LogP contribution >= 0.6 is 34.0 Å². The molecule has 684 valence electrons. The average molecular weight is 1930 g/mol. The number of para-hydroxylation sites is 9. The first-order chi connectivity index (χ1) is 73.0. The first-order valence-corrected chi connectivity index (χ1v) is 52.4. The van der Waals surface area contributed by atoms with Gasteiger partial charge in [0.25, 0.3) is 0 Å². The van der Waals surface area contributed by atoms with Gasteiger partial charge in [0.05, 0.1) is 80.3 Å². The molecule has 0 amide bonds. The van der Waals surface area contributed by atoms with Crippen molar-refractivity contribution in [2.45, 2.75) is 0 Å². The van der Waals surface area contributed by atoms with Gasteiger partial charge in [0.1, 0.15) is 14.5 Å². The van der Waals surface area contributed by atoms with Gasteiger partial charge in [-0.15, -0.1) is 34.0 Å². The molecule has 12 heteroatoms. The summed E-state index contributed by atoms with van der Waals surface area (Å²) >= 11 is 5.41. The highest BCUT2D eigenvalue weighted by Crippen LogP contribution is 2.57. The lowest BCUT2D eigenvalue weighted by Gasteiger charge is -2.15. The van der Waals surface area contributed by atoms with Gasteiger partial charge < -0.3 is 27.4 Å². The van der Waals surface area contributed by atoms with Gasteiger partial charge in [-0.2, -0.15) is 0 Å². The van der Waals surface area contributed by atoms with Crippen molar-refractivity contribution in [3.63, 3.8) is 0 Å². The van der Waals surface area contributed by atoms with Crippen LogP contribution < -0.4 is 0 Å². The maximum Gasteiger partial charge on any atom is 0.124 e. The van der Waals surface area contributed by atoms with E-state index in [1.54, 1.807) is 34.0 Å². The molecule has 147 heavy (non-hydrogen) atoms. The van der Waals surface area contributed by atoms with Crippen LogP contribution in [0.4, 0.5) is 0 Å². The maximum absolute atomic E-state index is 4.93. The molecule has 9 nitrogen and oxygen atoms in total. The summed E-state index contributed by atoms with van der Waals surface area (Å²) in [6.07, 6.45) is 5.75. The maximum atomic E-state index is 4.93. The molecular formula is C135H81N9S3. The highest BCUT2D eigenvalue weighted by Gasteiger charge is 2.33. The van der Waals surface area contributed by atoms with Gasteiger partial charge in [0, 0.05) is 150 Å². The Hall–Kier alpha value is -18.7. The Morgan fingerprint density at radius 2 is 0.367 bits per heavy atom. The SMILES string of the molecule is c1ccc(-c2cc(-c3ccccc3)cc(-n3c4ccccc4c4c5c6cccnc6sc5c5c(c6ccccc6n5-c5ccccc5)c43)c2)cc1.c1ccc(-c2ccc(-n3c4ccccc4c4c5c6cccnc6sc5c5c(c6ccccc6n5-c5ccccc5)c43)cc2)cc1.c1ccc(-n2c3ccccc3c3c2c2sc4ncccc4c2c2c4ccccc4n(-c4ccc5c6ccccc6c6ccccc6c5c4)c23)cc1. The van der Waals surface area contributed by atoms with Crippen LogP contribution in [0.15, 0.2) is 492 Å². The Balaban J connectivity index is 0.000000100. The molecule has 0 aliphatic rings. The topological polar surface area (TPSA) is 68.2 Å². The molecule has 12 heterocycles. The minimum absolute atomic E-state index is 1.06. The Labute approximate surface area is 852 Å². The number of aromatic nitrogens is 9. The second-order valence-electron chi connectivity index (χ2n) is 38.2. The zero-order valence-electron chi connectivity index (χ0n) is 79.0. The van der Waals surface area contributed by atoms with Crippen molar-refractivity contribution in [1.29, 1.82) is 0 Å². The summed E-state index contributed by atoms with van der Waals surface area (Å²) in [5, 5.41) is 30.2. The molecule has 0 aliphatic heterocycles.